The summed E-state index contributed by atoms with van der Waals surface area (Å²) in [5.74, 6) is -6.63. The minimum Gasteiger partial charge on any atom is -0.480 e. The molecule has 5 saturated heterocycles. The number of nitrogens with one attached hydrogen (secondary N) is 3. The second kappa shape index (κ2) is 35.0. The van der Waals surface area contributed by atoms with Gasteiger partial charge in [-0.25, -0.2) is 20.0 Å². The van der Waals surface area contributed by atoms with Crippen LogP contribution >= 0.6 is 22.6 Å². The van der Waals surface area contributed by atoms with E-state index in [4.69, 9.17) is 11.3 Å². The van der Waals surface area contributed by atoms with Crippen LogP contribution in [0.15, 0.2) is 72.9 Å². The summed E-state index contributed by atoms with van der Waals surface area (Å²) in [4.78, 5) is 122. The highest BCUT2D eigenvalue weighted by Crippen LogP contribution is 2.36. The van der Waals surface area contributed by atoms with Gasteiger partial charge in [0.2, 0.25) is 29.5 Å². The topological polar surface area (TPSA) is 263 Å². The molecule has 2 bridgehead atoms. The van der Waals surface area contributed by atoms with Gasteiger partial charge in [0.25, 0.3) is 18.3 Å². The van der Waals surface area contributed by atoms with Gasteiger partial charge in [-0.3, -0.25) is 67.7 Å². The molecule has 6 atom stereocenters. The van der Waals surface area contributed by atoms with E-state index in [1.54, 1.807) is 9.58 Å². The van der Waals surface area contributed by atoms with Gasteiger partial charge in [-0.1, -0.05) is 66.7 Å². The molecule has 25 nitrogen and oxygen atoms in total. The van der Waals surface area contributed by atoms with Crippen LogP contribution in [-0.2, 0) is 75.6 Å². The maximum Gasteiger partial charge on any atom is 0.317 e. The molecular weight excluding hydrogens is 1380 g/mol. The Morgan fingerprint density at radius 2 is 1.53 bits per heavy atom. The quantitative estimate of drug-likeness (QED) is 0.0245. The van der Waals surface area contributed by atoms with Gasteiger partial charge >= 0.3 is 12.1 Å². The Balaban J connectivity index is 0.651. The predicted molar refractivity (Wildman–Crippen MR) is 367 cm³/mol. The van der Waals surface area contributed by atoms with Crippen molar-refractivity contribution < 1.29 is 57.0 Å². The highest BCUT2D eigenvalue weighted by atomic mass is 127. The summed E-state index contributed by atoms with van der Waals surface area (Å²) in [5, 5.41) is 27.2. The number of hydrogen-bond acceptors (Lipinski definition) is 16. The minimum absolute atomic E-state index is 0.0113. The molecule has 4 N–H and O–H groups in total. The lowest BCUT2D eigenvalue weighted by Crippen LogP contribution is -2.55. The molecule has 1 aromatic heterocycles. The van der Waals surface area contributed by atoms with Gasteiger partial charge in [0, 0.05) is 125 Å². The zero-order valence-electron chi connectivity index (χ0n) is 55.9. The van der Waals surface area contributed by atoms with Crippen molar-refractivity contribution in [3.8, 4) is 11.3 Å². The SMILES string of the molecule is [C-]#[N+][C@@H]1CC(F)(F)CN1C(=O)[C@@H]1C[C@@H](CC(=O)N2Cc3cccc(Cn4cc(-c5ccc(CCCCN6C[C@@H]7C[C@H]6CN7C(=O)C(CCCCNC(=O)CN6CCN(CC)CCN(CC(=O)O)CCN(COC=O)CC6)NC(=O)CCCc6ccc(I)cc6)cc5)nn4)c3C2)C(=O)N1. The number of aryl methyl sites for hydroxylation is 2. The largest absolute Gasteiger partial charge is 0.480 e. The molecule has 7 heterocycles. The van der Waals surface area contributed by atoms with Crippen molar-refractivity contribution in [3.05, 3.63) is 116 Å². The summed E-state index contributed by atoms with van der Waals surface area (Å²) in [6.45, 7) is 18.3. The number of piperazine rings is 1. The number of carboxylic acid groups (broad SMARTS) is 1. The number of fused-ring (bicyclic) bond motifs is 3. The third-order valence-electron chi connectivity index (χ3n) is 20.0. The molecule has 6 amide bonds. The molecule has 0 saturated carbocycles. The molecule has 0 radical (unpaired) electrons. The Bertz CT molecular complexity index is 3470. The van der Waals surface area contributed by atoms with E-state index in [9.17, 15) is 52.2 Å². The number of ether oxygens (including phenoxy) is 1. The van der Waals surface area contributed by atoms with E-state index < -0.39 is 60.8 Å². The highest BCUT2D eigenvalue weighted by Gasteiger charge is 2.54. The van der Waals surface area contributed by atoms with E-state index in [0.717, 1.165) is 93.7 Å². The van der Waals surface area contributed by atoms with Gasteiger partial charge in [-0.05, 0) is 140 Å². The molecule has 6 aliphatic heterocycles. The molecular formula is C70H92F2IN15O10. The van der Waals surface area contributed by atoms with Crippen molar-refractivity contribution in [2.75, 3.05) is 111 Å². The van der Waals surface area contributed by atoms with Crippen LogP contribution in [0.5, 0.6) is 0 Å². The third-order valence-corrected chi connectivity index (χ3v) is 20.8. The Labute approximate surface area is 585 Å². The first-order valence-electron chi connectivity index (χ1n) is 34.5. The number of carbonyl (C=O) groups is 8. The summed E-state index contributed by atoms with van der Waals surface area (Å²) in [6.07, 6.45) is 6.94. The molecule has 0 aliphatic carbocycles. The van der Waals surface area contributed by atoms with Crippen LogP contribution < -0.4 is 16.0 Å². The number of aliphatic carboxylic acids is 1. The van der Waals surface area contributed by atoms with E-state index in [1.165, 1.54) is 5.56 Å². The van der Waals surface area contributed by atoms with Crippen LogP contribution in [0.1, 0.15) is 105 Å². The number of halogens is 3. The van der Waals surface area contributed by atoms with Gasteiger partial charge in [0.05, 0.1) is 32.4 Å². The number of likely N-dealkylation sites (tertiary alicyclic amines) is 3. The van der Waals surface area contributed by atoms with Crippen LogP contribution in [0.3, 0.4) is 0 Å². The number of carbonyl (C=O) groups excluding carboxylic acids is 7. The van der Waals surface area contributed by atoms with E-state index in [2.05, 4.69) is 124 Å². The number of benzene rings is 3. The maximum atomic E-state index is 14.5. The van der Waals surface area contributed by atoms with Crippen molar-refractivity contribution in [1.29, 1.82) is 0 Å². The molecule has 10 rings (SSSR count). The van der Waals surface area contributed by atoms with Crippen LogP contribution in [0.4, 0.5) is 8.78 Å². The number of likely N-dealkylation sites (N-methyl/N-ethyl adjacent to an activating group) is 1. The van der Waals surface area contributed by atoms with Gasteiger partial charge in [0.1, 0.15) is 30.9 Å². The zero-order chi connectivity index (χ0) is 69.3. The molecule has 3 aromatic carbocycles. The van der Waals surface area contributed by atoms with Crippen molar-refractivity contribution in [2.45, 2.75) is 146 Å². The average Bonchev–Trinajstić information content (AvgIpc) is 1.64. The van der Waals surface area contributed by atoms with Gasteiger partial charge < -0.3 is 40.5 Å². The molecule has 4 aromatic rings. The first-order chi connectivity index (χ1) is 47.3. The lowest BCUT2D eigenvalue weighted by Gasteiger charge is -2.36. The molecule has 5 fully saturated rings. The first kappa shape index (κ1) is 73.2. The fourth-order valence-electron chi connectivity index (χ4n) is 14.5. The fraction of sp³-hybridized carbons (Fsp3) is 0.586. The first-order valence-corrected chi connectivity index (χ1v) is 35.6. The average molecular weight is 1470 g/mol. The van der Waals surface area contributed by atoms with Crippen LogP contribution in [0.2, 0.25) is 0 Å². The summed E-state index contributed by atoms with van der Waals surface area (Å²) >= 11 is 2.28. The number of aromatic nitrogens is 3. The van der Waals surface area contributed by atoms with Crippen molar-refractivity contribution in [2.24, 2.45) is 5.92 Å². The van der Waals surface area contributed by atoms with Crippen molar-refractivity contribution >= 4 is 70.5 Å². The lowest BCUT2D eigenvalue weighted by atomic mass is 9.99. The molecule has 1 unspecified atom stereocenters. The number of nitrogens with zero attached hydrogens (tertiary/aromatic N) is 12. The van der Waals surface area contributed by atoms with Gasteiger partial charge in [0.15, 0.2) is 0 Å². The summed E-state index contributed by atoms with van der Waals surface area (Å²) in [5.41, 5.74) is 6.99. The molecule has 28 heteroatoms. The summed E-state index contributed by atoms with van der Waals surface area (Å²) in [7, 11) is 0. The van der Waals surface area contributed by atoms with Crippen molar-refractivity contribution in [1.82, 2.24) is 70.1 Å². The minimum atomic E-state index is -3.17. The van der Waals surface area contributed by atoms with Crippen LogP contribution in [-0.4, -0.2) is 255 Å². The number of carboxylic acids is 1. The molecule has 6 aliphatic rings. The lowest BCUT2D eigenvalue weighted by molar-refractivity contribution is -0.139. The molecule has 528 valence electrons. The third kappa shape index (κ3) is 20.3. The Morgan fingerprint density at radius 1 is 0.827 bits per heavy atom. The molecule has 0 spiro atoms. The number of rotatable bonds is 30. The van der Waals surface area contributed by atoms with Gasteiger partial charge in [-0.2, -0.15) is 0 Å². The second-order valence-corrected chi connectivity index (χ2v) is 28.2. The Morgan fingerprint density at radius 3 is 2.22 bits per heavy atom. The number of hydrogen-bond donors (Lipinski definition) is 4. The van der Waals surface area contributed by atoms with Gasteiger partial charge in [-0.15, -0.1) is 5.10 Å². The maximum absolute atomic E-state index is 14.5. The highest BCUT2D eigenvalue weighted by molar-refractivity contribution is 14.1. The van der Waals surface area contributed by atoms with E-state index >= 15 is 0 Å². The summed E-state index contributed by atoms with van der Waals surface area (Å²) in [6, 6.07) is 21.1. The summed E-state index contributed by atoms with van der Waals surface area (Å²) < 4.78 is 36.2. The zero-order valence-corrected chi connectivity index (χ0v) is 58.1. The number of amides is 6. The standard InChI is InChI=1S/C70H92F2IN15O10/c1-3-80-26-28-81(30-32-83(47-98-48-89)33-31-82(29-27-80)45-66(93)94)44-64(91)75-24-6-4-14-59(76-63(90)15-8-11-50-18-22-55(73)23-19-50)68(96)87-41-56-36-57(87)40-84(56)25-7-5-10-49-16-20-51(21-17-49)61-43-86(79-78-61)39-53-13-9-12-52-38-85(42-58(52)53)65(92)35-54-34-60(77-67(54)95)69(97)88-46-70(71,72)37-62(88)74-2/h9,12-13,16-23,43,48,54,56-57,59-60,62H,3-8,10-11,14-15,24-42,44-47H2,1H3,(H,75,91)(H,76,90)(H,77,95)(H,93,94)/t54-,56-,57-,59?,60-,62-/m0/s1. The smallest absolute Gasteiger partial charge is 0.317 e. The molecule has 98 heavy (non-hydrogen) atoms. The van der Waals surface area contributed by atoms with Crippen LogP contribution in [0, 0.1) is 16.1 Å². The van der Waals surface area contributed by atoms with E-state index in [0.29, 0.717) is 124 Å². The Kier molecular flexibility index (Phi) is 26.1. The monoisotopic (exact) mass is 1470 g/mol. The van der Waals surface area contributed by atoms with E-state index in [-0.39, 0.29) is 68.4 Å². The number of unbranched alkanes of at least 4 members (excludes halogenated alkanes) is 2. The second-order valence-electron chi connectivity index (χ2n) is 27.0. The normalized spacial score (nSPS) is 22.0. The number of alkyl halides is 2. The van der Waals surface area contributed by atoms with Crippen molar-refractivity contribution in [3.63, 3.8) is 0 Å². The fourth-order valence-corrected chi connectivity index (χ4v) is 14.8. The Hall–Kier alpha value is -7.56. The predicted octanol–water partition coefficient (Wildman–Crippen LogP) is 4.31. The van der Waals surface area contributed by atoms with E-state index in [1.807, 2.05) is 39.1 Å². The van der Waals surface area contributed by atoms with Crippen LogP contribution in [0.25, 0.3) is 16.1 Å².